The molecule has 1 rings (SSSR count). The van der Waals surface area contributed by atoms with Crippen molar-refractivity contribution in [3.63, 3.8) is 0 Å². The van der Waals surface area contributed by atoms with Gasteiger partial charge in [-0.2, -0.15) is 0 Å². The second kappa shape index (κ2) is 7.35. The van der Waals surface area contributed by atoms with Crippen LogP contribution >= 0.6 is 11.8 Å². The Balaban J connectivity index is 2.46. The highest BCUT2D eigenvalue weighted by Crippen LogP contribution is 2.22. The maximum absolute atomic E-state index is 10.1. The smallest absolute Gasteiger partial charge is 0.209 e. The van der Waals surface area contributed by atoms with E-state index in [2.05, 4.69) is 6.92 Å². The van der Waals surface area contributed by atoms with E-state index in [9.17, 15) is 4.79 Å². The lowest BCUT2D eigenvalue weighted by Gasteiger charge is -2.06. The van der Waals surface area contributed by atoms with Crippen LogP contribution in [-0.2, 0) is 4.79 Å². The first-order valence-electron chi connectivity index (χ1n) is 5.07. The summed E-state index contributed by atoms with van der Waals surface area (Å²) in [6.45, 7) is 2.89. The van der Waals surface area contributed by atoms with Crippen molar-refractivity contribution in [2.45, 2.75) is 24.7 Å². The molecule has 0 aliphatic carbocycles. The molecule has 1 aromatic rings. The number of benzene rings is 1. The zero-order valence-electron chi connectivity index (χ0n) is 8.86. The Hall–Kier alpha value is -0.960. The molecule has 0 spiro atoms. The normalized spacial score (nSPS) is 9.93. The van der Waals surface area contributed by atoms with E-state index in [1.165, 1.54) is 11.8 Å². The predicted molar refractivity (Wildman–Crippen MR) is 63.3 cm³/mol. The largest absolute Gasteiger partial charge is 0.494 e. The standard InChI is InChI=1S/C12H15O2S/c1-2-3-8-14-11-5-4-6-12(10-11)15-9-7-13/h4-6,10H,2-3,8-9H2,1H3. The second-order valence-corrected chi connectivity index (χ2v) is 4.16. The lowest BCUT2D eigenvalue weighted by molar-refractivity contribution is 0.308. The number of thioether (sulfide) groups is 1. The topological polar surface area (TPSA) is 26.3 Å². The second-order valence-electron chi connectivity index (χ2n) is 3.11. The van der Waals surface area contributed by atoms with Gasteiger partial charge in [0, 0.05) is 4.90 Å². The van der Waals surface area contributed by atoms with Crippen molar-refractivity contribution in [1.29, 1.82) is 0 Å². The molecule has 0 fully saturated rings. The quantitative estimate of drug-likeness (QED) is 0.525. The molecule has 0 N–H and O–H groups in total. The highest BCUT2D eigenvalue weighted by Gasteiger charge is 1.97. The highest BCUT2D eigenvalue weighted by atomic mass is 32.2. The predicted octanol–water partition coefficient (Wildman–Crippen LogP) is 3.07. The summed E-state index contributed by atoms with van der Waals surface area (Å²) < 4.78 is 5.56. The van der Waals surface area contributed by atoms with Crippen molar-refractivity contribution in [1.82, 2.24) is 0 Å². The van der Waals surface area contributed by atoms with Crippen LogP contribution in [0, 0.1) is 0 Å². The first-order chi connectivity index (χ1) is 7.36. The molecule has 0 unspecified atom stereocenters. The van der Waals surface area contributed by atoms with Crippen molar-refractivity contribution in [2.24, 2.45) is 0 Å². The molecule has 0 bridgehead atoms. The monoisotopic (exact) mass is 223 g/mol. The van der Waals surface area contributed by atoms with E-state index in [4.69, 9.17) is 4.74 Å². The van der Waals surface area contributed by atoms with E-state index in [1.807, 2.05) is 30.6 Å². The number of carbonyl (C=O) groups excluding carboxylic acids is 1. The van der Waals surface area contributed by atoms with Crippen molar-refractivity contribution < 1.29 is 9.53 Å². The SMILES string of the molecule is CCCCOc1cccc(SC[C]=O)c1. The molecule has 1 radical (unpaired) electrons. The van der Waals surface area contributed by atoms with Crippen LogP contribution in [0.4, 0.5) is 0 Å². The molecule has 1 aromatic carbocycles. The van der Waals surface area contributed by atoms with Crippen molar-refractivity contribution >= 4 is 18.0 Å². The summed E-state index contributed by atoms with van der Waals surface area (Å²) in [7, 11) is 0. The van der Waals surface area contributed by atoms with Gasteiger partial charge in [0.2, 0.25) is 6.29 Å². The Kier molecular flexibility index (Phi) is 5.93. The first-order valence-corrected chi connectivity index (χ1v) is 6.06. The molecule has 2 nitrogen and oxygen atoms in total. The molecule has 0 aliphatic heterocycles. The molecule has 81 valence electrons. The fraction of sp³-hybridized carbons (Fsp3) is 0.417. The third-order valence-corrected chi connectivity index (χ3v) is 2.72. The van der Waals surface area contributed by atoms with E-state index in [-0.39, 0.29) is 0 Å². The fourth-order valence-electron chi connectivity index (χ4n) is 1.10. The minimum atomic E-state index is 0.373. The Morgan fingerprint density at radius 2 is 2.33 bits per heavy atom. The summed E-state index contributed by atoms with van der Waals surface area (Å²) in [6, 6.07) is 7.80. The van der Waals surface area contributed by atoms with Crippen molar-refractivity contribution in [3.8, 4) is 5.75 Å². The molecule has 0 heterocycles. The molecule has 0 aromatic heterocycles. The van der Waals surface area contributed by atoms with Gasteiger partial charge >= 0.3 is 0 Å². The van der Waals surface area contributed by atoms with Gasteiger partial charge < -0.3 is 4.74 Å². The summed E-state index contributed by atoms with van der Waals surface area (Å²) in [6.07, 6.45) is 4.06. The minimum Gasteiger partial charge on any atom is -0.494 e. The van der Waals surface area contributed by atoms with Crippen LogP contribution in [0.2, 0.25) is 0 Å². The number of ether oxygens (including phenoxy) is 1. The first kappa shape index (κ1) is 12.1. The van der Waals surface area contributed by atoms with E-state index in [1.54, 1.807) is 0 Å². The third-order valence-electron chi connectivity index (χ3n) is 1.87. The molecule has 0 atom stereocenters. The summed E-state index contributed by atoms with van der Waals surface area (Å²) >= 11 is 1.47. The Morgan fingerprint density at radius 1 is 1.47 bits per heavy atom. The Bertz CT molecular complexity index is 299. The number of rotatable bonds is 7. The van der Waals surface area contributed by atoms with Gasteiger partial charge in [0.05, 0.1) is 12.4 Å². The highest BCUT2D eigenvalue weighted by molar-refractivity contribution is 7.99. The van der Waals surface area contributed by atoms with Crippen LogP contribution in [0.15, 0.2) is 29.2 Å². The van der Waals surface area contributed by atoms with Crippen LogP contribution in [0.1, 0.15) is 19.8 Å². The third kappa shape index (κ3) is 4.88. The zero-order chi connectivity index (χ0) is 10.9. The van der Waals surface area contributed by atoms with Gasteiger partial charge in [-0.05, 0) is 24.6 Å². The molecule has 0 amide bonds. The lowest BCUT2D eigenvalue weighted by atomic mass is 10.3. The van der Waals surface area contributed by atoms with Crippen LogP contribution < -0.4 is 4.74 Å². The van der Waals surface area contributed by atoms with Crippen LogP contribution in [-0.4, -0.2) is 18.6 Å². The van der Waals surface area contributed by atoms with Crippen LogP contribution in [0.25, 0.3) is 0 Å². The van der Waals surface area contributed by atoms with Crippen molar-refractivity contribution in [3.05, 3.63) is 24.3 Å². The Morgan fingerprint density at radius 3 is 3.07 bits per heavy atom. The molecular formula is C12H15O2S. The molecule has 15 heavy (non-hydrogen) atoms. The minimum absolute atomic E-state index is 0.373. The molecule has 0 saturated carbocycles. The fourth-order valence-corrected chi connectivity index (χ4v) is 1.70. The zero-order valence-corrected chi connectivity index (χ0v) is 9.68. The summed E-state index contributed by atoms with van der Waals surface area (Å²) in [5.74, 6) is 1.25. The van der Waals surface area contributed by atoms with Gasteiger partial charge in [-0.3, -0.25) is 4.79 Å². The van der Waals surface area contributed by atoms with Crippen LogP contribution in [0.5, 0.6) is 5.75 Å². The van der Waals surface area contributed by atoms with Crippen molar-refractivity contribution in [2.75, 3.05) is 12.4 Å². The maximum atomic E-state index is 10.1. The molecule has 0 saturated heterocycles. The lowest BCUT2D eigenvalue weighted by Crippen LogP contribution is -1.96. The summed E-state index contributed by atoms with van der Waals surface area (Å²) in [5.41, 5.74) is 0. The van der Waals surface area contributed by atoms with Gasteiger partial charge in [-0.1, -0.05) is 19.4 Å². The number of unbranched alkanes of at least 4 members (excludes halogenated alkanes) is 1. The van der Waals surface area contributed by atoms with E-state index in [0.29, 0.717) is 5.75 Å². The van der Waals surface area contributed by atoms with Gasteiger partial charge in [0.25, 0.3) is 0 Å². The van der Waals surface area contributed by atoms with E-state index >= 15 is 0 Å². The van der Waals surface area contributed by atoms with Gasteiger partial charge in [0.1, 0.15) is 5.75 Å². The number of hydrogen-bond acceptors (Lipinski definition) is 3. The summed E-state index contributed by atoms with van der Waals surface area (Å²) in [5, 5.41) is 0. The molecule has 3 heteroatoms. The van der Waals surface area contributed by atoms with E-state index in [0.717, 1.165) is 30.1 Å². The molecular weight excluding hydrogens is 208 g/mol. The number of hydrogen-bond donors (Lipinski definition) is 0. The average Bonchev–Trinajstić information content (AvgIpc) is 2.27. The summed E-state index contributed by atoms with van der Waals surface area (Å²) in [4.78, 5) is 11.1. The molecule has 0 aliphatic rings. The average molecular weight is 223 g/mol. The maximum Gasteiger partial charge on any atom is 0.209 e. The van der Waals surface area contributed by atoms with E-state index < -0.39 is 0 Å². The van der Waals surface area contributed by atoms with Gasteiger partial charge in [-0.15, -0.1) is 11.8 Å². The van der Waals surface area contributed by atoms with Crippen LogP contribution in [0.3, 0.4) is 0 Å². The van der Waals surface area contributed by atoms with Gasteiger partial charge in [0.15, 0.2) is 0 Å². The van der Waals surface area contributed by atoms with Gasteiger partial charge in [-0.25, -0.2) is 0 Å². The Labute approximate surface area is 95.0 Å².